The standard InChI is InChI=1S/C8H4F4N2O5/c9-4-1-7(19-3-8(10,11)12)6(14(17)18)2-5(4)13(15)16/h1-2H,3H2. The van der Waals surface area contributed by atoms with Gasteiger partial charge in [0.25, 0.3) is 0 Å². The van der Waals surface area contributed by atoms with E-state index in [9.17, 15) is 37.8 Å². The minimum atomic E-state index is -4.79. The van der Waals surface area contributed by atoms with E-state index in [0.29, 0.717) is 0 Å². The second kappa shape index (κ2) is 5.04. The monoisotopic (exact) mass is 284 g/mol. The van der Waals surface area contributed by atoms with Crippen molar-refractivity contribution in [2.45, 2.75) is 6.18 Å². The van der Waals surface area contributed by atoms with Crippen molar-refractivity contribution in [2.75, 3.05) is 6.61 Å². The molecule has 0 bridgehead atoms. The van der Waals surface area contributed by atoms with Gasteiger partial charge in [-0.25, -0.2) is 0 Å². The van der Waals surface area contributed by atoms with Crippen molar-refractivity contribution in [3.05, 3.63) is 38.2 Å². The summed E-state index contributed by atoms with van der Waals surface area (Å²) < 4.78 is 52.8. The van der Waals surface area contributed by atoms with E-state index < -0.39 is 45.6 Å². The molecule has 104 valence electrons. The third-order valence-electron chi connectivity index (χ3n) is 1.81. The van der Waals surface area contributed by atoms with Crippen molar-refractivity contribution in [1.82, 2.24) is 0 Å². The Morgan fingerprint density at radius 3 is 2.05 bits per heavy atom. The van der Waals surface area contributed by atoms with Gasteiger partial charge in [0.15, 0.2) is 6.61 Å². The van der Waals surface area contributed by atoms with E-state index >= 15 is 0 Å². The quantitative estimate of drug-likeness (QED) is 0.481. The van der Waals surface area contributed by atoms with Crippen LogP contribution in [0.5, 0.6) is 5.75 Å². The molecule has 0 atom stereocenters. The minimum absolute atomic E-state index is 0.169. The van der Waals surface area contributed by atoms with E-state index in [1.54, 1.807) is 0 Å². The zero-order chi connectivity index (χ0) is 14.8. The van der Waals surface area contributed by atoms with Gasteiger partial charge in [-0.05, 0) is 0 Å². The zero-order valence-electron chi connectivity index (χ0n) is 8.81. The lowest BCUT2D eigenvalue weighted by atomic mass is 10.2. The van der Waals surface area contributed by atoms with Gasteiger partial charge in [-0.15, -0.1) is 0 Å². The lowest BCUT2D eigenvalue weighted by molar-refractivity contribution is -0.396. The third-order valence-corrected chi connectivity index (χ3v) is 1.81. The molecule has 0 N–H and O–H groups in total. The molecule has 7 nitrogen and oxygen atoms in total. The predicted molar refractivity (Wildman–Crippen MR) is 51.3 cm³/mol. The predicted octanol–water partition coefficient (Wildman–Crippen LogP) is 2.58. The van der Waals surface area contributed by atoms with Crippen LogP contribution in [0.1, 0.15) is 0 Å². The van der Waals surface area contributed by atoms with Crippen molar-refractivity contribution in [1.29, 1.82) is 0 Å². The third kappa shape index (κ3) is 3.76. The molecule has 0 saturated heterocycles. The number of benzene rings is 1. The molecule has 19 heavy (non-hydrogen) atoms. The van der Waals surface area contributed by atoms with Gasteiger partial charge >= 0.3 is 17.6 Å². The molecule has 1 aromatic rings. The fourth-order valence-corrected chi connectivity index (χ4v) is 1.09. The second-order valence-electron chi connectivity index (χ2n) is 3.19. The van der Waals surface area contributed by atoms with Crippen LogP contribution in [0.25, 0.3) is 0 Å². The first-order valence-corrected chi connectivity index (χ1v) is 4.43. The fraction of sp³-hybridized carbons (Fsp3) is 0.250. The van der Waals surface area contributed by atoms with E-state index in [-0.39, 0.29) is 12.1 Å². The van der Waals surface area contributed by atoms with Crippen LogP contribution in [0.15, 0.2) is 12.1 Å². The van der Waals surface area contributed by atoms with Crippen molar-refractivity contribution < 1.29 is 32.1 Å². The number of alkyl halides is 3. The molecule has 11 heteroatoms. The molecule has 0 aliphatic heterocycles. The Bertz CT molecular complexity index is 531. The summed E-state index contributed by atoms with van der Waals surface area (Å²) in [5, 5.41) is 20.9. The van der Waals surface area contributed by atoms with Gasteiger partial charge in [0.2, 0.25) is 11.6 Å². The Kier molecular flexibility index (Phi) is 3.87. The smallest absolute Gasteiger partial charge is 0.422 e. The van der Waals surface area contributed by atoms with Gasteiger partial charge < -0.3 is 4.74 Å². The number of ether oxygens (including phenoxy) is 1. The lowest BCUT2D eigenvalue weighted by Gasteiger charge is -2.09. The van der Waals surface area contributed by atoms with Gasteiger partial charge in [-0.3, -0.25) is 20.2 Å². The largest absolute Gasteiger partial charge is 0.477 e. The minimum Gasteiger partial charge on any atom is -0.477 e. The van der Waals surface area contributed by atoms with Crippen LogP contribution in [0, 0.1) is 26.0 Å². The van der Waals surface area contributed by atoms with Crippen LogP contribution in [0.4, 0.5) is 28.9 Å². The number of nitro groups is 2. The number of nitrogens with zero attached hydrogens (tertiary/aromatic N) is 2. The maximum Gasteiger partial charge on any atom is 0.422 e. The normalized spacial score (nSPS) is 11.2. The van der Waals surface area contributed by atoms with Crippen LogP contribution in [-0.4, -0.2) is 22.6 Å². The van der Waals surface area contributed by atoms with E-state index in [1.807, 2.05) is 0 Å². The summed E-state index contributed by atoms with van der Waals surface area (Å²) in [6, 6.07) is 0.364. The van der Waals surface area contributed by atoms with Crippen molar-refractivity contribution in [2.24, 2.45) is 0 Å². The summed E-state index contributed by atoms with van der Waals surface area (Å²) >= 11 is 0. The number of hydrogen-bond donors (Lipinski definition) is 0. The first-order valence-electron chi connectivity index (χ1n) is 4.43. The van der Waals surface area contributed by atoms with Crippen molar-refractivity contribution in [3.8, 4) is 5.75 Å². The molecule has 0 heterocycles. The van der Waals surface area contributed by atoms with Crippen molar-refractivity contribution >= 4 is 11.4 Å². The molecule has 0 fully saturated rings. The molecule has 0 spiro atoms. The van der Waals surface area contributed by atoms with E-state index in [0.717, 1.165) is 0 Å². The first kappa shape index (κ1) is 14.6. The highest BCUT2D eigenvalue weighted by atomic mass is 19.4. The molecule has 0 aromatic heterocycles. The highest BCUT2D eigenvalue weighted by molar-refractivity contribution is 5.54. The molecule has 1 rings (SSSR count). The van der Waals surface area contributed by atoms with Crippen LogP contribution < -0.4 is 4.74 Å². The molecule has 1 aromatic carbocycles. The van der Waals surface area contributed by atoms with Gasteiger partial charge in [-0.1, -0.05) is 0 Å². The Morgan fingerprint density at radius 2 is 1.63 bits per heavy atom. The second-order valence-corrected chi connectivity index (χ2v) is 3.19. The van der Waals surface area contributed by atoms with E-state index in [4.69, 9.17) is 0 Å². The summed E-state index contributed by atoms with van der Waals surface area (Å²) in [7, 11) is 0. The molecule has 0 aliphatic carbocycles. The molecule has 0 unspecified atom stereocenters. The summed E-state index contributed by atoms with van der Waals surface area (Å²) in [6.45, 7) is -1.88. The molecule has 0 aliphatic rings. The van der Waals surface area contributed by atoms with Gasteiger partial charge in [0.1, 0.15) is 6.07 Å². The molecule has 0 amide bonds. The summed E-state index contributed by atoms with van der Waals surface area (Å²) in [4.78, 5) is 18.4. The first-order chi connectivity index (χ1) is 8.61. The summed E-state index contributed by atoms with van der Waals surface area (Å²) in [5.74, 6) is -2.57. The molecule has 0 saturated carbocycles. The van der Waals surface area contributed by atoms with Crippen LogP contribution in [0.2, 0.25) is 0 Å². The van der Waals surface area contributed by atoms with E-state index in [2.05, 4.69) is 4.74 Å². The summed E-state index contributed by atoms with van der Waals surface area (Å²) in [5.41, 5.74) is -2.36. The average molecular weight is 284 g/mol. The Morgan fingerprint density at radius 1 is 1.11 bits per heavy atom. The zero-order valence-corrected chi connectivity index (χ0v) is 8.81. The fourth-order valence-electron chi connectivity index (χ4n) is 1.09. The van der Waals surface area contributed by atoms with Crippen LogP contribution >= 0.6 is 0 Å². The van der Waals surface area contributed by atoms with Gasteiger partial charge in [-0.2, -0.15) is 17.6 Å². The van der Waals surface area contributed by atoms with E-state index in [1.165, 1.54) is 0 Å². The average Bonchev–Trinajstić information content (AvgIpc) is 2.24. The Hall–Kier alpha value is -2.46. The van der Waals surface area contributed by atoms with Crippen LogP contribution in [-0.2, 0) is 0 Å². The highest BCUT2D eigenvalue weighted by Gasteiger charge is 2.32. The Labute approximate surface area is 101 Å². The summed E-state index contributed by atoms with van der Waals surface area (Å²) in [6.07, 6.45) is -4.79. The number of rotatable bonds is 4. The van der Waals surface area contributed by atoms with Crippen molar-refractivity contribution in [3.63, 3.8) is 0 Å². The SMILES string of the molecule is O=[N+]([O-])c1cc([N+](=O)[O-])c(OCC(F)(F)F)cc1F. The Balaban J connectivity index is 3.20. The molecular formula is C8H4F4N2O5. The number of nitro benzene ring substituents is 2. The molecular weight excluding hydrogens is 280 g/mol. The van der Waals surface area contributed by atoms with Gasteiger partial charge in [0.05, 0.1) is 9.85 Å². The maximum absolute atomic E-state index is 13.1. The molecule has 0 radical (unpaired) electrons. The number of hydrogen-bond acceptors (Lipinski definition) is 5. The highest BCUT2D eigenvalue weighted by Crippen LogP contribution is 2.34. The maximum atomic E-state index is 13.1. The number of halogens is 4. The van der Waals surface area contributed by atoms with Gasteiger partial charge in [0, 0.05) is 6.07 Å². The lowest BCUT2D eigenvalue weighted by Crippen LogP contribution is -2.19. The van der Waals surface area contributed by atoms with Crippen LogP contribution in [0.3, 0.4) is 0 Å². The topological polar surface area (TPSA) is 95.5 Å².